The lowest BCUT2D eigenvalue weighted by atomic mass is 9.91. The van der Waals surface area contributed by atoms with Crippen molar-refractivity contribution in [3.63, 3.8) is 0 Å². The van der Waals surface area contributed by atoms with Gasteiger partial charge in [-0.3, -0.25) is 4.79 Å². The van der Waals surface area contributed by atoms with Crippen molar-refractivity contribution < 1.29 is 9.53 Å². The molecule has 1 aromatic carbocycles. The zero-order chi connectivity index (χ0) is 16.4. The number of benzene rings is 1. The average molecular weight is 312 g/mol. The van der Waals surface area contributed by atoms with E-state index in [1.807, 2.05) is 17.0 Å². The Bertz CT molecular complexity index is 659. The summed E-state index contributed by atoms with van der Waals surface area (Å²) in [5, 5.41) is 0. The van der Waals surface area contributed by atoms with E-state index in [9.17, 15) is 4.79 Å². The van der Waals surface area contributed by atoms with E-state index >= 15 is 0 Å². The Balaban J connectivity index is 1.84. The molecule has 0 saturated heterocycles. The van der Waals surface area contributed by atoms with E-state index in [0.717, 1.165) is 19.3 Å². The van der Waals surface area contributed by atoms with E-state index in [4.69, 9.17) is 4.74 Å². The summed E-state index contributed by atoms with van der Waals surface area (Å²) in [5.74, 6) is 0.828. The van der Waals surface area contributed by atoms with Crippen LogP contribution in [-0.4, -0.2) is 35.9 Å². The summed E-state index contributed by atoms with van der Waals surface area (Å²) in [5.41, 5.74) is 3.79. The number of hydrogen-bond donors (Lipinski definition) is 0. The molecule has 0 unspecified atom stereocenters. The highest BCUT2D eigenvalue weighted by atomic mass is 16.5. The van der Waals surface area contributed by atoms with Gasteiger partial charge in [-0.05, 0) is 37.8 Å². The minimum absolute atomic E-state index is 0.0536. The molecular weight excluding hydrogens is 288 g/mol. The molecule has 0 bridgehead atoms. The second-order valence-electron chi connectivity index (χ2n) is 6.50. The number of hydrogen-bond acceptors (Lipinski definition) is 3. The van der Waals surface area contributed by atoms with E-state index in [2.05, 4.69) is 37.0 Å². The SMILES string of the molecule is COC1=N[C@@H](CCC=C(C)C)C(=O)N2Cc3ccccc3C[C@@H]12. The maximum atomic E-state index is 12.8. The van der Waals surface area contributed by atoms with Gasteiger partial charge in [0.1, 0.15) is 12.1 Å². The Labute approximate surface area is 137 Å². The summed E-state index contributed by atoms with van der Waals surface area (Å²) in [4.78, 5) is 19.4. The minimum Gasteiger partial charge on any atom is -0.483 e. The third-order valence-corrected chi connectivity index (χ3v) is 4.59. The first-order valence-electron chi connectivity index (χ1n) is 8.22. The molecule has 2 aliphatic heterocycles. The number of carbonyl (C=O) groups excluding carboxylic acids is 1. The molecule has 0 fully saturated rings. The summed E-state index contributed by atoms with van der Waals surface area (Å²) in [7, 11) is 1.65. The van der Waals surface area contributed by atoms with Gasteiger partial charge in [0.05, 0.1) is 7.11 Å². The largest absolute Gasteiger partial charge is 0.483 e. The molecule has 4 heteroatoms. The molecule has 122 valence electrons. The molecule has 0 saturated carbocycles. The fraction of sp³-hybridized carbons (Fsp3) is 0.474. The van der Waals surface area contributed by atoms with Crippen LogP contribution in [0.2, 0.25) is 0 Å². The highest BCUT2D eigenvalue weighted by Gasteiger charge is 2.40. The number of rotatable bonds is 3. The summed E-state index contributed by atoms with van der Waals surface area (Å²) in [6.07, 6.45) is 4.55. The quantitative estimate of drug-likeness (QED) is 0.805. The number of carbonyl (C=O) groups is 1. The number of ether oxygens (including phenoxy) is 1. The zero-order valence-electron chi connectivity index (χ0n) is 14.1. The second kappa shape index (κ2) is 6.57. The van der Waals surface area contributed by atoms with E-state index in [0.29, 0.717) is 12.4 Å². The molecule has 0 N–H and O–H groups in total. The number of aliphatic imine (C=N–C) groups is 1. The number of methoxy groups -OCH3 is 1. The van der Waals surface area contributed by atoms with Crippen LogP contribution in [0.3, 0.4) is 0 Å². The molecule has 0 spiro atoms. The highest BCUT2D eigenvalue weighted by molar-refractivity contribution is 5.96. The van der Waals surface area contributed by atoms with Gasteiger partial charge in [0.25, 0.3) is 0 Å². The maximum absolute atomic E-state index is 12.8. The molecule has 1 amide bonds. The summed E-state index contributed by atoms with van der Waals surface area (Å²) in [6, 6.07) is 7.95. The van der Waals surface area contributed by atoms with Gasteiger partial charge in [-0.1, -0.05) is 35.9 Å². The Kier molecular flexibility index (Phi) is 4.51. The monoisotopic (exact) mass is 312 g/mol. The maximum Gasteiger partial charge on any atom is 0.248 e. The van der Waals surface area contributed by atoms with Crippen LogP contribution in [0, 0.1) is 0 Å². The van der Waals surface area contributed by atoms with Crippen molar-refractivity contribution in [1.29, 1.82) is 0 Å². The molecule has 0 radical (unpaired) electrons. The van der Waals surface area contributed by atoms with Gasteiger partial charge in [-0.15, -0.1) is 0 Å². The first-order valence-corrected chi connectivity index (χ1v) is 8.22. The number of allylic oxidation sites excluding steroid dienone is 2. The minimum atomic E-state index is -0.318. The molecule has 3 rings (SSSR count). The van der Waals surface area contributed by atoms with Crippen LogP contribution in [0.5, 0.6) is 0 Å². The van der Waals surface area contributed by atoms with Crippen LogP contribution in [0.25, 0.3) is 0 Å². The molecule has 2 atom stereocenters. The van der Waals surface area contributed by atoms with Crippen LogP contribution in [-0.2, 0) is 22.5 Å². The summed E-state index contributed by atoms with van der Waals surface area (Å²) in [6.45, 7) is 4.80. The van der Waals surface area contributed by atoms with Crippen LogP contribution < -0.4 is 0 Å². The Hall–Kier alpha value is -2.10. The highest BCUT2D eigenvalue weighted by Crippen LogP contribution is 2.29. The van der Waals surface area contributed by atoms with Crippen molar-refractivity contribution in [2.75, 3.05) is 7.11 Å². The van der Waals surface area contributed by atoms with Crippen LogP contribution >= 0.6 is 0 Å². The van der Waals surface area contributed by atoms with Crippen molar-refractivity contribution in [3.05, 3.63) is 47.0 Å². The lowest BCUT2D eigenvalue weighted by Crippen LogP contribution is -2.55. The van der Waals surface area contributed by atoms with Crippen LogP contribution in [0.4, 0.5) is 0 Å². The first-order chi connectivity index (χ1) is 11.1. The van der Waals surface area contributed by atoms with Gasteiger partial charge in [0.15, 0.2) is 0 Å². The molecule has 0 aromatic heterocycles. The predicted octanol–water partition coefficient (Wildman–Crippen LogP) is 3.11. The molecule has 1 aromatic rings. The fourth-order valence-electron chi connectivity index (χ4n) is 3.37. The fourth-order valence-corrected chi connectivity index (χ4v) is 3.37. The lowest BCUT2D eigenvalue weighted by Gasteiger charge is -2.41. The van der Waals surface area contributed by atoms with Gasteiger partial charge in [0.2, 0.25) is 11.8 Å². The van der Waals surface area contributed by atoms with Gasteiger partial charge in [0, 0.05) is 13.0 Å². The molecule has 4 nitrogen and oxygen atoms in total. The van der Waals surface area contributed by atoms with E-state index in [1.54, 1.807) is 7.11 Å². The Morgan fingerprint density at radius 1 is 1.35 bits per heavy atom. The van der Waals surface area contributed by atoms with E-state index in [1.165, 1.54) is 16.7 Å². The van der Waals surface area contributed by atoms with Crippen LogP contribution in [0.15, 0.2) is 40.9 Å². The first kappa shape index (κ1) is 15.8. The standard InChI is InChI=1S/C19H24N2O2/c1-13(2)7-6-10-16-19(22)21-12-15-9-5-4-8-14(15)11-17(21)18(20-16)23-3/h4-5,7-9,16-17H,6,10-12H2,1-3H3/t16-,17-/m0/s1. The number of nitrogens with zero attached hydrogens (tertiary/aromatic N) is 2. The molecule has 2 heterocycles. The number of amides is 1. The van der Waals surface area contributed by atoms with Gasteiger partial charge >= 0.3 is 0 Å². The van der Waals surface area contributed by atoms with E-state index in [-0.39, 0.29) is 18.0 Å². The summed E-state index contributed by atoms with van der Waals surface area (Å²) >= 11 is 0. The van der Waals surface area contributed by atoms with Crippen molar-refractivity contribution in [3.8, 4) is 0 Å². The molecule has 2 aliphatic rings. The van der Waals surface area contributed by atoms with Gasteiger partial charge in [-0.2, -0.15) is 0 Å². The van der Waals surface area contributed by atoms with Crippen molar-refractivity contribution in [2.45, 2.75) is 51.7 Å². The lowest BCUT2D eigenvalue weighted by molar-refractivity contribution is -0.136. The third-order valence-electron chi connectivity index (χ3n) is 4.59. The predicted molar refractivity (Wildman–Crippen MR) is 91.4 cm³/mol. The van der Waals surface area contributed by atoms with Crippen molar-refractivity contribution in [1.82, 2.24) is 4.90 Å². The average Bonchev–Trinajstić information content (AvgIpc) is 2.55. The third kappa shape index (κ3) is 3.16. The number of fused-ring (bicyclic) bond motifs is 2. The molecule has 23 heavy (non-hydrogen) atoms. The smallest absolute Gasteiger partial charge is 0.248 e. The molecule has 0 aliphatic carbocycles. The topological polar surface area (TPSA) is 41.9 Å². The normalized spacial score (nSPS) is 22.8. The van der Waals surface area contributed by atoms with Gasteiger partial charge < -0.3 is 9.64 Å². The molecular formula is C19H24N2O2. The summed E-state index contributed by atoms with van der Waals surface area (Å²) < 4.78 is 5.52. The zero-order valence-corrected chi connectivity index (χ0v) is 14.1. The van der Waals surface area contributed by atoms with E-state index < -0.39 is 0 Å². The van der Waals surface area contributed by atoms with Crippen molar-refractivity contribution in [2.24, 2.45) is 4.99 Å². The van der Waals surface area contributed by atoms with Crippen molar-refractivity contribution >= 4 is 11.8 Å². The van der Waals surface area contributed by atoms with Gasteiger partial charge in [-0.25, -0.2) is 4.99 Å². The Morgan fingerprint density at radius 2 is 2.09 bits per heavy atom. The second-order valence-corrected chi connectivity index (χ2v) is 6.50. The van der Waals surface area contributed by atoms with Crippen LogP contribution in [0.1, 0.15) is 37.8 Å². The Morgan fingerprint density at radius 3 is 2.78 bits per heavy atom.